The van der Waals surface area contributed by atoms with Crippen LogP contribution in [0.15, 0.2) is 18.3 Å². The molecule has 2 rings (SSSR count). The predicted molar refractivity (Wildman–Crippen MR) is 68.8 cm³/mol. The number of hydrogen-bond acceptors (Lipinski definition) is 4. The largest absolute Gasteiger partial charge is 0.394 e. The van der Waals surface area contributed by atoms with Crippen LogP contribution in [0.3, 0.4) is 0 Å². The lowest BCUT2D eigenvalue weighted by Gasteiger charge is -2.26. The van der Waals surface area contributed by atoms with Gasteiger partial charge in [-0.2, -0.15) is 0 Å². The lowest BCUT2D eigenvalue weighted by molar-refractivity contribution is 0.244. The number of aliphatic hydroxyl groups is 1. The molecule has 94 valence electrons. The molecular formula is C13H21N3O. The van der Waals surface area contributed by atoms with Gasteiger partial charge in [-0.05, 0) is 30.9 Å². The van der Waals surface area contributed by atoms with Crippen LogP contribution in [0.25, 0.3) is 0 Å². The molecule has 4 nitrogen and oxygen atoms in total. The number of hydrogen-bond donors (Lipinski definition) is 2. The molecule has 3 atom stereocenters. The summed E-state index contributed by atoms with van der Waals surface area (Å²) in [5.74, 6) is 1.47. The Labute approximate surface area is 102 Å². The minimum Gasteiger partial charge on any atom is -0.394 e. The van der Waals surface area contributed by atoms with Crippen molar-refractivity contribution in [3.8, 4) is 0 Å². The van der Waals surface area contributed by atoms with E-state index in [0.29, 0.717) is 5.92 Å². The van der Waals surface area contributed by atoms with Crippen LogP contribution in [0.1, 0.15) is 31.9 Å². The summed E-state index contributed by atoms with van der Waals surface area (Å²) in [6, 6.07) is 4.23. The zero-order valence-corrected chi connectivity index (χ0v) is 10.5. The van der Waals surface area contributed by atoms with E-state index in [0.717, 1.165) is 24.3 Å². The first-order chi connectivity index (χ1) is 8.13. The molecule has 17 heavy (non-hydrogen) atoms. The smallest absolute Gasteiger partial charge is 0.128 e. The summed E-state index contributed by atoms with van der Waals surface area (Å²) in [6.45, 7) is 5.29. The number of rotatable bonds is 3. The predicted octanol–water partition coefficient (Wildman–Crippen LogP) is 1.31. The van der Waals surface area contributed by atoms with Gasteiger partial charge >= 0.3 is 0 Å². The quantitative estimate of drug-likeness (QED) is 0.829. The molecule has 1 aromatic heterocycles. The summed E-state index contributed by atoms with van der Waals surface area (Å²) in [7, 11) is 0. The van der Waals surface area contributed by atoms with E-state index < -0.39 is 0 Å². The summed E-state index contributed by atoms with van der Waals surface area (Å²) in [5.41, 5.74) is 6.84. The van der Waals surface area contributed by atoms with Crippen LogP contribution in [0.4, 0.5) is 5.82 Å². The molecule has 1 aliphatic heterocycles. The first kappa shape index (κ1) is 12.3. The van der Waals surface area contributed by atoms with Crippen LogP contribution in [0, 0.1) is 5.92 Å². The topological polar surface area (TPSA) is 62.4 Å². The minimum absolute atomic E-state index is 0.0164. The van der Waals surface area contributed by atoms with E-state index in [1.165, 1.54) is 0 Å². The van der Waals surface area contributed by atoms with Crippen LogP contribution in [0.2, 0.25) is 0 Å². The molecule has 4 heteroatoms. The van der Waals surface area contributed by atoms with Gasteiger partial charge in [0.2, 0.25) is 0 Å². The Hall–Kier alpha value is -1.13. The first-order valence-corrected chi connectivity index (χ1v) is 6.22. The molecule has 1 saturated heterocycles. The van der Waals surface area contributed by atoms with Crippen molar-refractivity contribution in [1.82, 2.24) is 4.98 Å². The monoisotopic (exact) mass is 235 g/mol. The fourth-order valence-corrected chi connectivity index (χ4v) is 2.41. The Kier molecular flexibility index (Phi) is 3.64. The van der Waals surface area contributed by atoms with Gasteiger partial charge in [-0.25, -0.2) is 4.98 Å². The second-order valence-corrected chi connectivity index (χ2v) is 4.95. The number of pyridine rings is 1. The van der Waals surface area contributed by atoms with Crippen LogP contribution >= 0.6 is 0 Å². The van der Waals surface area contributed by atoms with Crippen molar-refractivity contribution in [2.24, 2.45) is 11.7 Å². The SMILES string of the molecule is CC1CCN(c2ccc([C@H](C)N)cn2)C1CO. The van der Waals surface area contributed by atoms with E-state index >= 15 is 0 Å². The minimum atomic E-state index is 0.0164. The Balaban J connectivity index is 2.17. The van der Waals surface area contributed by atoms with Gasteiger partial charge in [-0.15, -0.1) is 0 Å². The van der Waals surface area contributed by atoms with Crippen molar-refractivity contribution in [3.63, 3.8) is 0 Å². The molecule has 0 amide bonds. The van der Waals surface area contributed by atoms with Gasteiger partial charge < -0.3 is 15.7 Å². The fraction of sp³-hybridized carbons (Fsp3) is 0.615. The van der Waals surface area contributed by atoms with Crippen LogP contribution in [-0.4, -0.2) is 29.3 Å². The molecule has 2 heterocycles. The molecule has 1 aromatic rings. The van der Waals surface area contributed by atoms with Gasteiger partial charge in [-0.1, -0.05) is 13.0 Å². The average Bonchev–Trinajstić information content (AvgIpc) is 2.70. The van der Waals surface area contributed by atoms with Gasteiger partial charge in [0.05, 0.1) is 12.6 Å². The van der Waals surface area contributed by atoms with Gasteiger partial charge in [0.15, 0.2) is 0 Å². The van der Waals surface area contributed by atoms with Gasteiger partial charge in [0.25, 0.3) is 0 Å². The maximum absolute atomic E-state index is 9.42. The van der Waals surface area contributed by atoms with E-state index in [9.17, 15) is 5.11 Å². The van der Waals surface area contributed by atoms with Gasteiger partial charge in [0, 0.05) is 18.8 Å². The molecule has 1 fully saturated rings. The van der Waals surface area contributed by atoms with E-state index in [4.69, 9.17) is 5.73 Å². The molecular weight excluding hydrogens is 214 g/mol. The zero-order chi connectivity index (χ0) is 12.4. The number of nitrogens with zero attached hydrogens (tertiary/aromatic N) is 2. The Bertz CT molecular complexity index is 363. The molecule has 0 saturated carbocycles. The maximum Gasteiger partial charge on any atom is 0.128 e. The molecule has 0 spiro atoms. The standard InChI is InChI=1S/C13H21N3O/c1-9-5-6-16(12(9)8-17)13-4-3-11(7-15-13)10(2)14/h3-4,7,9-10,12,17H,5-6,8,14H2,1-2H3/t9?,10-,12?/m0/s1. The van der Waals surface area contributed by atoms with Crippen molar-refractivity contribution in [2.45, 2.75) is 32.4 Å². The molecule has 3 N–H and O–H groups in total. The third-order valence-corrected chi connectivity index (χ3v) is 3.66. The normalized spacial score (nSPS) is 26.2. The highest BCUT2D eigenvalue weighted by Gasteiger charge is 2.31. The van der Waals surface area contributed by atoms with E-state index in [1.54, 1.807) is 0 Å². The Morgan fingerprint density at radius 3 is 2.88 bits per heavy atom. The Morgan fingerprint density at radius 2 is 2.35 bits per heavy atom. The summed E-state index contributed by atoms with van der Waals surface area (Å²) in [4.78, 5) is 6.64. The number of aromatic nitrogens is 1. The highest BCUT2D eigenvalue weighted by atomic mass is 16.3. The van der Waals surface area contributed by atoms with Crippen LogP contribution in [-0.2, 0) is 0 Å². The zero-order valence-electron chi connectivity index (χ0n) is 10.5. The second kappa shape index (κ2) is 5.02. The summed E-state index contributed by atoms with van der Waals surface area (Å²) in [5, 5.41) is 9.42. The molecule has 0 radical (unpaired) electrons. The second-order valence-electron chi connectivity index (χ2n) is 4.95. The average molecular weight is 235 g/mol. The number of aliphatic hydroxyl groups excluding tert-OH is 1. The van der Waals surface area contributed by atoms with Crippen LogP contribution < -0.4 is 10.6 Å². The first-order valence-electron chi connectivity index (χ1n) is 6.22. The molecule has 2 unspecified atom stereocenters. The maximum atomic E-state index is 9.42. The van der Waals surface area contributed by atoms with E-state index in [1.807, 2.05) is 25.3 Å². The summed E-state index contributed by atoms with van der Waals surface area (Å²) in [6.07, 6.45) is 2.94. The molecule has 0 bridgehead atoms. The summed E-state index contributed by atoms with van der Waals surface area (Å²) >= 11 is 0. The Morgan fingerprint density at radius 1 is 1.59 bits per heavy atom. The van der Waals surface area contributed by atoms with Gasteiger partial charge in [0.1, 0.15) is 5.82 Å². The van der Waals surface area contributed by atoms with Gasteiger partial charge in [-0.3, -0.25) is 0 Å². The lowest BCUT2D eigenvalue weighted by Crippen LogP contribution is -2.35. The third kappa shape index (κ3) is 2.42. The lowest BCUT2D eigenvalue weighted by atomic mass is 10.0. The number of anilines is 1. The number of nitrogens with two attached hydrogens (primary N) is 1. The highest BCUT2D eigenvalue weighted by molar-refractivity contribution is 5.42. The van der Waals surface area contributed by atoms with Crippen molar-refractivity contribution in [1.29, 1.82) is 0 Å². The molecule has 0 aliphatic carbocycles. The third-order valence-electron chi connectivity index (χ3n) is 3.66. The van der Waals surface area contributed by atoms with Crippen LogP contribution in [0.5, 0.6) is 0 Å². The van der Waals surface area contributed by atoms with Crippen molar-refractivity contribution in [2.75, 3.05) is 18.1 Å². The van der Waals surface area contributed by atoms with Crippen molar-refractivity contribution < 1.29 is 5.11 Å². The summed E-state index contributed by atoms with van der Waals surface area (Å²) < 4.78 is 0. The molecule has 1 aliphatic rings. The highest BCUT2D eigenvalue weighted by Crippen LogP contribution is 2.28. The van der Waals surface area contributed by atoms with E-state index in [-0.39, 0.29) is 18.7 Å². The van der Waals surface area contributed by atoms with E-state index in [2.05, 4.69) is 16.8 Å². The van der Waals surface area contributed by atoms with Crippen molar-refractivity contribution >= 4 is 5.82 Å². The fourth-order valence-electron chi connectivity index (χ4n) is 2.41. The molecule has 0 aromatic carbocycles. The van der Waals surface area contributed by atoms with Crippen molar-refractivity contribution in [3.05, 3.63) is 23.9 Å².